The van der Waals surface area contributed by atoms with E-state index in [0.29, 0.717) is 12.2 Å². The van der Waals surface area contributed by atoms with E-state index in [1.54, 1.807) is 18.7 Å². The van der Waals surface area contributed by atoms with Gasteiger partial charge >= 0.3 is 5.97 Å². The van der Waals surface area contributed by atoms with E-state index in [1.807, 2.05) is 42.5 Å². The third kappa shape index (κ3) is 4.57. The zero-order valence-electron chi connectivity index (χ0n) is 14.6. The third-order valence-corrected chi connectivity index (χ3v) is 6.73. The van der Waals surface area contributed by atoms with E-state index in [1.165, 1.54) is 5.56 Å². The molecule has 1 saturated heterocycles. The van der Waals surface area contributed by atoms with Crippen LogP contribution in [0.25, 0.3) is 0 Å². The average molecular weight is 433 g/mol. The zero-order chi connectivity index (χ0) is 18.5. The second-order valence-electron chi connectivity index (χ2n) is 6.30. The Hall–Kier alpha value is -1.59. The molecule has 2 aromatic carbocycles. The molecule has 1 aliphatic rings. The molecule has 0 radical (unpaired) electrons. The van der Waals surface area contributed by atoms with Crippen molar-refractivity contribution in [2.45, 2.75) is 30.3 Å². The summed E-state index contributed by atoms with van der Waals surface area (Å²) in [5, 5.41) is 0.149. The molecule has 1 fully saturated rings. The van der Waals surface area contributed by atoms with Crippen molar-refractivity contribution in [3.8, 4) is 0 Å². The molecule has 136 valence electrons. The molecular formula is C21H21BrO3S. The maximum absolute atomic E-state index is 13.1. The summed E-state index contributed by atoms with van der Waals surface area (Å²) in [4.78, 5) is 25.1. The lowest BCUT2D eigenvalue weighted by Gasteiger charge is -2.16. The highest BCUT2D eigenvalue weighted by Gasteiger charge is 2.41. The third-order valence-electron chi connectivity index (χ3n) is 4.57. The summed E-state index contributed by atoms with van der Waals surface area (Å²) in [6.45, 7) is 2.17. The summed E-state index contributed by atoms with van der Waals surface area (Å²) in [5.74, 6) is -0.292. The van der Waals surface area contributed by atoms with Crippen LogP contribution in [-0.4, -0.2) is 23.6 Å². The number of ketones is 1. The first kappa shape index (κ1) is 19.2. The number of carbonyl (C=O) groups is 2. The van der Waals surface area contributed by atoms with Gasteiger partial charge < -0.3 is 4.74 Å². The number of esters is 1. The number of thioether (sulfide) groups is 1. The Bertz CT molecular complexity index is 761. The van der Waals surface area contributed by atoms with E-state index in [-0.39, 0.29) is 34.6 Å². The van der Waals surface area contributed by atoms with Gasteiger partial charge in [0.2, 0.25) is 0 Å². The maximum atomic E-state index is 13.1. The van der Waals surface area contributed by atoms with E-state index in [4.69, 9.17) is 4.74 Å². The van der Waals surface area contributed by atoms with Crippen LogP contribution < -0.4 is 0 Å². The molecule has 0 bridgehead atoms. The number of rotatable bonds is 6. The molecule has 0 aliphatic carbocycles. The van der Waals surface area contributed by atoms with Crippen LogP contribution in [0.4, 0.5) is 0 Å². The molecule has 3 nitrogen and oxygen atoms in total. The van der Waals surface area contributed by atoms with Gasteiger partial charge in [0.05, 0.1) is 13.0 Å². The van der Waals surface area contributed by atoms with Gasteiger partial charge in [0.25, 0.3) is 0 Å². The number of carbonyl (C=O) groups excluding carboxylic acids is 2. The minimum absolute atomic E-state index is 0.0598. The first-order valence-corrected chi connectivity index (χ1v) is 10.5. The second kappa shape index (κ2) is 8.87. The van der Waals surface area contributed by atoms with Gasteiger partial charge in [0.1, 0.15) is 0 Å². The van der Waals surface area contributed by atoms with Crippen LogP contribution >= 0.6 is 27.7 Å². The lowest BCUT2D eigenvalue weighted by molar-refractivity contribution is -0.143. The van der Waals surface area contributed by atoms with Crippen molar-refractivity contribution in [3.63, 3.8) is 0 Å². The van der Waals surface area contributed by atoms with E-state index >= 15 is 0 Å². The van der Waals surface area contributed by atoms with Crippen LogP contribution in [0.5, 0.6) is 0 Å². The van der Waals surface area contributed by atoms with Crippen molar-refractivity contribution in [3.05, 3.63) is 70.2 Å². The second-order valence-corrected chi connectivity index (χ2v) is 8.66. The van der Waals surface area contributed by atoms with Crippen molar-refractivity contribution < 1.29 is 14.3 Å². The van der Waals surface area contributed by atoms with E-state index in [0.717, 1.165) is 10.9 Å². The fourth-order valence-electron chi connectivity index (χ4n) is 3.30. The molecule has 1 aliphatic heterocycles. The zero-order valence-corrected chi connectivity index (χ0v) is 17.0. The summed E-state index contributed by atoms with van der Waals surface area (Å²) in [5.41, 5.74) is 1.90. The average Bonchev–Trinajstić information content (AvgIpc) is 3.06. The number of hydrogen-bond acceptors (Lipinski definition) is 4. The molecule has 0 N–H and O–H groups in total. The van der Waals surface area contributed by atoms with Crippen molar-refractivity contribution >= 4 is 39.4 Å². The molecule has 0 saturated carbocycles. The predicted molar refractivity (Wildman–Crippen MR) is 108 cm³/mol. The highest BCUT2D eigenvalue weighted by Crippen LogP contribution is 2.50. The first-order chi connectivity index (χ1) is 12.6. The Morgan fingerprint density at radius 3 is 2.46 bits per heavy atom. The van der Waals surface area contributed by atoms with Gasteiger partial charge in [-0.05, 0) is 31.0 Å². The Morgan fingerprint density at radius 1 is 1.12 bits per heavy atom. The molecule has 0 spiro atoms. The summed E-state index contributed by atoms with van der Waals surface area (Å²) < 4.78 is 6.16. The van der Waals surface area contributed by atoms with Crippen molar-refractivity contribution in [2.75, 3.05) is 6.61 Å². The van der Waals surface area contributed by atoms with Crippen LogP contribution in [0, 0.1) is 5.92 Å². The number of benzene rings is 2. The molecule has 2 aromatic rings. The lowest BCUT2D eigenvalue weighted by Crippen LogP contribution is -2.25. The predicted octanol–water partition coefficient (Wildman–Crippen LogP) is 5.45. The Labute approximate surface area is 166 Å². The molecule has 0 aromatic heterocycles. The van der Waals surface area contributed by atoms with E-state index in [9.17, 15) is 9.59 Å². The summed E-state index contributed by atoms with van der Waals surface area (Å²) >= 11 is 5.18. The fraction of sp³-hybridized carbons (Fsp3) is 0.333. The van der Waals surface area contributed by atoms with Crippen LogP contribution in [0.2, 0.25) is 0 Å². The van der Waals surface area contributed by atoms with Crippen LogP contribution in [-0.2, 0) is 9.53 Å². The smallest absolute Gasteiger partial charge is 0.306 e. The van der Waals surface area contributed by atoms with Gasteiger partial charge in [-0.25, -0.2) is 0 Å². The van der Waals surface area contributed by atoms with Gasteiger partial charge in [-0.3, -0.25) is 9.59 Å². The number of ether oxygens (including phenoxy) is 1. The number of halogens is 1. The van der Waals surface area contributed by atoms with Crippen LogP contribution in [0.3, 0.4) is 0 Å². The quantitative estimate of drug-likeness (QED) is 0.449. The fourth-order valence-corrected chi connectivity index (χ4v) is 5.28. The molecular weight excluding hydrogens is 412 g/mol. The van der Waals surface area contributed by atoms with Crippen molar-refractivity contribution in [1.29, 1.82) is 0 Å². The maximum Gasteiger partial charge on any atom is 0.306 e. The normalized spacial score (nSPS) is 22.2. The van der Waals surface area contributed by atoms with Gasteiger partial charge in [0, 0.05) is 26.5 Å². The molecule has 0 amide bonds. The topological polar surface area (TPSA) is 43.4 Å². The minimum Gasteiger partial charge on any atom is -0.466 e. The van der Waals surface area contributed by atoms with Gasteiger partial charge in [0.15, 0.2) is 5.78 Å². The van der Waals surface area contributed by atoms with E-state index < -0.39 is 0 Å². The largest absolute Gasteiger partial charge is 0.466 e. The van der Waals surface area contributed by atoms with Gasteiger partial charge in [-0.2, -0.15) is 0 Å². The van der Waals surface area contributed by atoms with Crippen LogP contribution in [0.1, 0.15) is 40.9 Å². The highest BCUT2D eigenvalue weighted by molar-refractivity contribution is 9.10. The number of Topliss-reactive ketones (excluding diaryl/α,β-unsaturated/α-hetero) is 1. The Balaban J connectivity index is 1.82. The molecule has 3 atom stereocenters. The SMILES string of the molecule is CCOC(=O)C[C@@H]1S[C@H](c2ccc(Br)cc2)C[C@H]1C(=O)c1ccccc1. The summed E-state index contributed by atoms with van der Waals surface area (Å²) in [6, 6.07) is 17.6. The lowest BCUT2D eigenvalue weighted by atomic mass is 9.88. The summed E-state index contributed by atoms with van der Waals surface area (Å²) in [6.07, 6.45) is 1.01. The summed E-state index contributed by atoms with van der Waals surface area (Å²) in [7, 11) is 0. The molecule has 26 heavy (non-hydrogen) atoms. The Morgan fingerprint density at radius 2 is 1.81 bits per heavy atom. The molecule has 1 heterocycles. The van der Waals surface area contributed by atoms with Crippen molar-refractivity contribution in [1.82, 2.24) is 0 Å². The Kier molecular flexibility index (Phi) is 6.54. The monoisotopic (exact) mass is 432 g/mol. The molecule has 3 rings (SSSR count). The van der Waals surface area contributed by atoms with E-state index in [2.05, 4.69) is 28.1 Å². The minimum atomic E-state index is -0.229. The molecule has 0 unspecified atom stereocenters. The molecule has 5 heteroatoms. The van der Waals surface area contributed by atoms with Gasteiger partial charge in [-0.15, -0.1) is 11.8 Å². The first-order valence-electron chi connectivity index (χ1n) is 8.74. The standard InChI is InChI=1S/C21H21BrO3S/c1-2-25-20(23)13-19-17(21(24)15-6-4-3-5-7-15)12-18(26-19)14-8-10-16(22)11-9-14/h3-11,17-19H,2,12-13H2,1H3/t17-,18+,19+/m1/s1. The number of hydrogen-bond donors (Lipinski definition) is 0. The van der Waals surface area contributed by atoms with Crippen molar-refractivity contribution in [2.24, 2.45) is 5.92 Å². The van der Waals surface area contributed by atoms with Crippen LogP contribution in [0.15, 0.2) is 59.1 Å². The highest BCUT2D eigenvalue weighted by atomic mass is 79.9. The van der Waals surface area contributed by atoms with Gasteiger partial charge in [-0.1, -0.05) is 58.4 Å².